The van der Waals surface area contributed by atoms with Crippen molar-refractivity contribution in [3.63, 3.8) is 0 Å². The molecule has 0 saturated heterocycles. The average molecular weight is 341 g/mol. The number of carbonyl (C=O) groups excluding carboxylic acids is 1. The van der Waals surface area contributed by atoms with Gasteiger partial charge in [-0.3, -0.25) is 4.79 Å². The van der Waals surface area contributed by atoms with E-state index in [0.29, 0.717) is 30.3 Å². The first kappa shape index (κ1) is 18.8. The number of carbonyl (C=O) groups is 1. The predicted octanol–water partition coefficient (Wildman–Crippen LogP) is 5.13. The Morgan fingerprint density at radius 2 is 1.60 bits per heavy atom. The minimum atomic E-state index is -0.157. The molecule has 0 unspecified atom stereocenters. The summed E-state index contributed by atoms with van der Waals surface area (Å²) in [7, 11) is 0. The van der Waals surface area contributed by atoms with Crippen LogP contribution in [0, 0.1) is 13.8 Å². The smallest absolute Gasteiger partial charge is 0.255 e. The third kappa shape index (κ3) is 5.24. The Labute approximate surface area is 150 Å². The lowest BCUT2D eigenvalue weighted by Gasteiger charge is -2.14. The van der Waals surface area contributed by atoms with E-state index in [9.17, 15) is 4.79 Å². The number of amides is 1. The van der Waals surface area contributed by atoms with Crippen LogP contribution in [-0.4, -0.2) is 19.1 Å². The molecule has 0 aliphatic carbocycles. The van der Waals surface area contributed by atoms with Gasteiger partial charge in [0.2, 0.25) is 0 Å². The van der Waals surface area contributed by atoms with Crippen molar-refractivity contribution in [3.8, 4) is 11.5 Å². The van der Waals surface area contributed by atoms with E-state index in [1.54, 1.807) is 18.2 Å². The van der Waals surface area contributed by atoms with Crippen LogP contribution < -0.4 is 14.8 Å². The Morgan fingerprint density at radius 3 is 2.24 bits per heavy atom. The van der Waals surface area contributed by atoms with Crippen molar-refractivity contribution in [3.05, 3.63) is 53.1 Å². The second-order valence-corrected chi connectivity index (χ2v) is 6.13. The molecular weight excluding hydrogens is 314 g/mol. The van der Waals surface area contributed by atoms with Crippen LogP contribution in [0.5, 0.6) is 11.5 Å². The van der Waals surface area contributed by atoms with Gasteiger partial charge in [0.15, 0.2) is 11.5 Å². The molecule has 0 heterocycles. The molecular formula is C21H27NO3. The number of benzene rings is 2. The highest BCUT2D eigenvalue weighted by Gasteiger charge is 2.13. The fraction of sp³-hybridized carbons (Fsp3) is 0.381. The molecule has 0 atom stereocenters. The second-order valence-electron chi connectivity index (χ2n) is 6.13. The number of aryl methyl sites for hydroxylation is 2. The van der Waals surface area contributed by atoms with Crippen LogP contribution >= 0.6 is 0 Å². The molecule has 134 valence electrons. The van der Waals surface area contributed by atoms with Gasteiger partial charge in [0.25, 0.3) is 5.91 Å². The zero-order valence-corrected chi connectivity index (χ0v) is 15.5. The fourth-order valence-electron chi connectivity index (χ4n) is 2.45. The van der Waals surface area contributed by atoms with Gasteiger partial charge in [0.1, 0.15) is 0 Å². The largest absolute Gasteiger partial charge is 0.490 e. The highest BCUT2D eigenvalue weighted by Crippen LogP contribution is 2.29. The molecule has 1 N–H and O–H groups in total. The van der Waals surface area contributed by atoms with Crippen molar-refractivity contribution >= 4 is 11.6 Å². The van der Waals surface area contributed by atoms with Crippen LogP contribution in [0.15, 0.2) is 36.4 Å². The molecule has 0 saturated carbocycles. The van der Waals surface area contributed by atoms with E-state index in [-0.39, 0.29) is 5.91 Å². The van der Waals surface area contributed by atoms with E-state index < -0.39 is 0 Å². The van der Waals surface area contributed by atoms with Gasteiger partial charge in [-0.25, -0.2) is 0 Å². The topological polar surface area (TPSA) is 47.6 Å². The normalized spacial score (nSPS) is 10.4. The summed E-state index contributed by atoms with van der Waals surface area (Å²) in [6.45, 7) is 9.33. The molecule has 0 aromatic heterocycles. The first-order valence-corrected chi connectivity index (χ1v) is 8.83. The summed E-state index contributed by atoms with van der Waals surface area (Å²) in [4.78, 5) is 12.6. The second kappa shape index (κ2) is 9.11. The van der Waals surface area contributed by atoms with Crippen molar-refractivity contribution < 1.29 is 14.3 Å². The summed E-state index contributed by atoms with van der Waals surface area (Å²) >= 11 is 0. The molecule has 0 aliphatic rings. The van der Waals surface area contributed by atoms with E-state index in [0.717, 1.165) is 24.1 Å². The first-order chi connectivity index (χ1) is 12.0. The van der Waals surface area contributed by atoms with E-state index >= 15 is 0 Å². The monoisotopic (exact) mass is 341 g/mol. The van der Waals surface area contributed by atoms with Crippen molar-refractivity contribution in [1.29, 1.82) is 0 Å². The number of hydrogen-bond acceptors (Lipinski definition) is 3. The molecule has 0 radical (unpaired) electrons. The number of nitrogens with one attached hydrogen (secondary N) is 1. The van der Waals surface area contributed by atoms with Crippen molar-refractivity contribution in [2.45, 2.75) is 40.5 Å². The Balaban J connectivity index is 2.20. The predicted molar refractivity (Wildman–Crippen MR) is 102 cm³/mol. The van der Waals surface area contributed by atoms with Gasteiger partial charge in [0.05, 0.1) is 13.2 Å². The molecule has 25 heavy (non-hydrogen) atoms. The lowest BCUT2D eigenvalue weighted by Crippen LogP contribution is -2.13. The molecule has 0 aliphatic heterocycles. The maximum atomic E-state index is 12.6. The highest BCUT2D eigenvalue weighted by atomic mass is 16.5. The third-order valence-electron chi connectivity index (χ3n) is 3.76. The molecule has 2 aromatic rings. The summed E-state index contributed by atoms with van der Waals surface area (Å²) in [5.41, 5.74) is 3.58. The summed E-state index contributed by atoms with van der Waals surface area (Å²) in [5.74, 6) is 1.14. The molecule has 2 aromatic carbocycles. The number of ether oxygens (including phenoxy) is 2. The Hall–Kier alpha value is -2.49. The summed E-state index contributed by atoms with van der Waals surface area (Å²) in [6.07, 6.45) is 1.81. The van der Waals surface area contributed by atoms with Crippen LogP contribution in [0.25, 0.3) is 0 Å². The summed E-state index contributed by atoms with van der Waals surface area (Å²) in [5, 5.41) is 2.96. The van der Waals surface area contributed by atoms with Gasteiger partial charge >= 0.3 is 0 Å². The van der Waals surface area contributed by atoms with Crippen LogP contribution in [0.2, 0.25) is 0 Å². The van der Waals surface area contributed by atoms with Gasteiger partial charge in [-0.05, 0) is 56.5 Å². The Morgan fingerprint density at radius 1 is 0.920 bits per heavy atom. The lowest BCUT2D eigenvalue weighted by atomic mass is 10.1. The maximum Gasteiger partial charge on any atom is 0.255 e. The van der Waals surface area contributed by atoms with Gasteiger partial charge in [-0.1, -0.05) is 31.5 Å². The van der Waals surface area contributed by atoms with Crippen molar-refractivity contribution in [1.82, 2.24) is 0 Å². The molecule has 0 spiro atoms. The SMILES string of the molecule is CCCOc1ccc(C(=O)Nc2ccc(C)cc2C)cc1OCCC. The van der Waals surface area contributed by atoms with E-state index in [1.807, 2.05) is 39.0 Å². The quantitative estimate of drug-likeness (QED) is 0.724. The van der Waals surface area contributed by atoms with Gasteiger partial charge in [-0.2, -0.15) is 0 Å². The Bertz CT molecular complexity index is 725. The number of rotatable bonds is 8. The van der Waals surface area contributed by atoms with Gasteiger partial charge in [-0.15, -0.1) is 0 Å². The van der Waals surface area contributed by atoms with Crippen LogP contribution in [0.3, 0.4) is 0 Å². The standard InChI is InChI=1S/C21H27NO3/c1-5-11-24-19-10-8-17(14-20(19)25-12-6-2)21(23)22-18-9-7-15(3)13-16(18)4/h7-10,13-14H,5-6,11-12H2,1-4H3,(H,22,23). The van der Waals surface area contributed by atoms with E-state index in [1.165, 1.54) is 5.56 Å². The fourth-order valence-corrected chi connectivity index (χ4v) is 2.45. The molecule has 2 rings (SSSR count). The molecule has 0 fully saturated rings. The van der Waals surface area contributed by atoms with E-state index in [2.05, 4.69) is 12.2 Å². The van der Waals surface area contributed by atoms with E-state index in [4.69, 9.17) is 9.47 Å². The van der Waals surface area contributed by atoms with Crippen molar-refractivity contribution in [2.75, 3.05) is 18.5 Å². The van der Waals surface area contributed by atoms with Gasteiger partial charge in [0, 0.05) is 11.3 Å². The maximum absolute atomic E-state index is 12.6. The minimum absolute atomic E-state index is 0.157. The zero-order valence-electron chi connectivity index (χ0n) is 15.5. The van der Waals surface area contributed by atoms with Crippen LogP contribution in [0.1, 0.15) is 48.2 Å². The number of anilines is 1. The lowest BCUT2D eigenvalue weighted by molar-refractivity contribution is 0.102. The summed E-state index contributed by atoms with van der Waals surface area (Å²) in [6, 6.07) is 11.3. The molecule has 4 heteroatoms. The molecule has 4 nitrogen and oxygen atoms in total. The molecule has 1 amide bonds. The Kier molecular flexibility index (Phi) is 6.87. The average Bonchev–Trinajstić information content (AvgIpc) is 2.60. The zero-order chi connectivity index (χ0) is 18.2. The summed E-state index contributed by atoms with van der Waals surface area (Å²) < 4.78 is 11.5. The first-order valence-electron chi connectivity index (χ1n) is 8.83. The van der Waals surface area contributed by atoms with Crippen LogP contribution in [0.4, 0.5) is 5.69 Å². The van der Waals surface area contributed by atoms with Gasteiger partial charge < -0.3 is 14.8 Å². The van der Waals surface area contributed by atoms with Crippen LogP contribution in [-0.2, 0) is 0 Å². The third-order valence-corrected chi connectivity index (χ3v) is 3.76. The number of hydrogen-bond donors (Lipinski definition) is 1. The molecule has 0 bridgehead atoms. The van der Waals surface area contributed by atoms with Crippen molar-refractivity contribution in [2.24, 2.45) is 0 Å². The highest BCUT2D eigenvalue weighted by molar-refractivity contribution is 6.05. The minimum Gasteiger partial charge on any atom is -0.490 e.